The molecule has 16 heteroatoms. The number of amides is 1. The Morgan fingerprint density at radius 2 is 1.87 bits per heavy atom. The molecule has 11 nitrogen and oxygen atoms in total. The van der Waals surface area contributed by atoms with Crippen molar-refractivity contribution < 1.29 is 41.4 Å². The van der Waals surface area contributed by atoms with Crippen molar-refractivity contribution in [3.8, 4) is 5.75 Å². The van der Waals surface area contributed by atoms with Crippen LogP contribution in [0.1, 0.15) is 64.2 Å². The first-order chi connectivity index (χ1) is 22.0. The highest BCUT2D eigenvalue weighted by Gasteiger charge is 2.37. The van der Waals surface area contributed by atoms with E-state index in [2.05, 4.69) is 20.6 Å². The van der Waals surface area contributed by atoms with Crippen molar-refractivity contribution >= 4 is 49.1 Å². The van der Waals surface area contributed by atoms with Crippen LogP contribution in [0, 0.1) is 0 Å². The van der Waals surface area contributed by atoms with Crippen molar-refractivity contribution in [1.82, 2.24) is 14.9 Å². The highest BCUT2D eigenvalue weighted by molar-refractivity contribution is 7.98. The number of nitrogens with zero attached hydrogens (tertiary/aromatic N) is 3. The number of anilines is 4. The smallest absolute Gasteiger partial charge is 0.495 e. The fourth-order valence-corrected chi connectivity index (χ4v) is 6.41. The molecule has 1 fully saturated rings. The van der Waals surface area contributed by atoms with Crippen LogP contribution in [-0.4, -0.2) is 58.1 Å². The zero-order valence-corrected chi connectivity index (χ0v) is 27.1. The van der Waals surface area contributed by atoms with Gasteiger partial charge in [0.15, 0.2) is 0 Å². The summed E-state index contributed by atoms with van der Waals surface area (Å²) in [4.78, 5) is 31.8. The van der Waals surface area contributed by atoms with E-state index in [1.54, 1.807) is 48.0 Å². The van der Waals surface area contributed by atoms with Gasteiger partial charge in [0.05, 0.1) is 36.1 Å². The molecule has 2 aliphatic rings. The third-order valence-corrected chi connectivity index (χ3v) is 8.76. The zero-order chi connectivity index (χ0) is 33.0. The monoisotopic (exact) mass is 680 g/mol. The zero-order valence-electron chi connectivity index (χ0n) is 25.4. The Labute approximate surface area is 269 Å². The third-order valence-electron chi connectivity index (χ3n) is 8.04. The predicted octanol–water partition coefficient (Wildman–Crippen LogP) is 7.11. The lowest BCUT2D eigenvalue weighted by Crippen LogP contribution is -2.21. The van der Waals surface area contributed by atoms with Crippen molar-refractivity contribution in [3.63, 3.8) is 0 Å². The minimum absolute atomic E-state index is 0.155. The molecule has 3 aromatic rings. The van der Waals surface area contributed by atoms with Gasteiger partial charge in [-0.2, -0.15) is 18.2 Å². The molecule has 1 aliphatic carbocycles. The van der Waals surface area contributed by atoms with Gasteiger partial charge in [-0.3, -0.25) is 4.79 Å². The molecule has 0 spiro atoms. The Kier molecular flexibility index (Phi) is 10.7. The summed E-state index contributed by atoms with van der Waals surface area (Å²) in [6, 6.07) is 8.24. The normalized spacial score (nSPS) is 18.4. The van der Waals surface area contributed by atoms with Gasteiger partial charge in [-0.15, -0.1) is 21.2 Å². The first-order valence-corrected chi connectivity index (χ1v) is 17.0. The molecule has 1 aromatic heterocycles. The van der Waals surface area contributed by atoms with Crippen molar-refractivity contribution in [3.05, 3.63) is 64.3 Å². The third kappa shape index (κ3) is 7.72. The van der Waals surface area contributed by atoms with E-state index in [9.17, 15) is 22.5 Å². The van der Waals surface area contributed by atoms with E-state index in [0.29, 0.717) is 35.5 Å². The molecule has 1 amide bonds. The average Bonchev–Trinajstić information content (AvgIpc) is 3.33. The molecule has 1 atom stereocenters. The number of alkyl halides is 3. The van der Waals surface area contributed by atoms with Gasteiger partial charge in [0.2, 0.25) is 5.95 Å². The number of hydrogen-bond donors (Lipinski definition) is 3. The number of aromatic nitrogens is 2. The second-order valence-corrected chi connectivity index (χ2v) is 12.6. The Bertz CT molecular complexity index is 1610. The van der Waals surface area contributed by atoms with E-state index in [1.807, 2.05) is 12.3 Å². The van der Waals surface area contributed by atoms with E-state index < -0.39 is 25.8 Å². The summed E-state index contributed by atoms with van der Waals surface area (Å²) in [5.74, 6) is 0.181. The van der Waals surface area contributed by atoms with Crippen LogP contribution in [0.25, 0.3) is 0 Å². The number of carbonyl (C=O) groups is 1. The van der Waals surface area contributed by atoms with Gasteiger partial charge in [0, 0.05) is 24.4 Å². The van der Waals surface area contributed by atoms with Crippen LogP contribution < -0.4 is 15.4 Å². The van der Waals surface area contributed by atoms with E-state index in [4.69, 9.17) is 18.9 Å². The molecule has 2 aromatic carbocycles. The molecule has 1 aliphatic heterocycles. The molecular formula is C30H34F3N5O6PS+. The van der Waals surface area contributed by atoms with Gasteiger partial charge in [-0.05, 0) is 72.7 Å². The lowest BCUT2D eigenvalue weighted by Gasteiger charge is -2.30. The van der Waals surface area contributed by atoms with E-state index in [0.717, 1.165) is 36.8 Å². The topological polar surface area (TPSA) is 135 Å². The van der Waals surface area contributed by atoms with Crippen LogP contribution in [0.3, 0.4) is 0 Å². The summed E-state index contributed by atoms with van der Waals surface area (Å²) in [5, 5.41) is 5.67. The lowest BCUT2D eigenvalue weighted by atomic mass is 9.80. The lowest BCUT2D eigenvalue weighted by molar-refractivity contribution is -0.137. The number of halogens is 3. The van der Waals surface area contributed by atoms with Crippen LogP contribution in [0.15, 0.2) is 36.5 Å². The minimum Gasteiger partial charge on any atom is -0.495 e. The molecule has 2 heterocycles. The van der Waals surface area contributed by atoms with Crippen molar-refractivity contribution in [2.75, 3.05) is 37.0 Å². The Balaban J connectivity index is 1.44. The molecular weight excluding hydrogens is 646 g/mol. The highest BCUT2D eigenvalue weighted by Crippen LogP contribution is 2.43. The number of methoxy groups -OCH3 is 1. The number of ether oxygens (including phenoxy) is 2. The maximum atomic E-state index is 14.1. The molecule has 246 valence electrons. The molecule has 0 radical (unpaired) electrons. The Hall–Kier alpha value is -3.49. The minimum atomic E-state index is -4.78. The molecule has 1 saturated carbocycles. The van der Waals surface area contributed by atoms with E-state index in [-0.39, 0.29) is 41.9 Å². The summed E-state index contributed by atoms with van der Waals surface area (Å²) >= 11 is 1.64. The fourth-order valence-electron chi connectivity index (χ4n) is 5.82. The van der Waals surface area contributed by atoms with Crippen molar-refractivity contribution in [1.29, 1.82) is 0 Å². The number of nitrogens with one attached hydrogen (secondary N) is 2. The Morgan fingerprint density at radius 1 is 1.13 bits per heavy atom. The number of fused-ring (bicyclic) bond motifs is 1. The van der Waals surface area contributed by atoms with Crippen LogP contribution in [0.5, 0.6) is 5.75 Å². The largest absolute Gasteiger partial charge is 0.695 e. The Morgan fingerprint density at radius 3 is 2.54 bits per heavy atom. The number of carbonyl (C=O) groups excluding carboxylic acids is 1. The standard InChI is InChI=1S/C30H33F3N5O6PS/c1-38-14-21-20(18-5-7-19(8-6-18)43-16-46-3)9-11-24(26(21)28(38)39)35-27-22(30(31,32)33)13-34-29(37-27)36-23-10-4-17(12-25(23)42-2)15-44-45(40)41/h4,9-13,18-19H,5-8,14-16H2,1-3H3,(H2-,34,35,36,37,39,40,41)/p+1. The highest BCUT2D eigenvalue weighted by atomic mass is 32.2. The van der Waals surface area contributed by atoms with Gasteiger partial charge in [0.25, 0.3) is 5.91 Å². The molecule has 0 bridgehead atoms. The summed E-state index contributed by atoms with van der Waals surface area (Å²) in [6.45, 7) is 0.207. The summed E-state index contributed by atoms with van der Waals surface area (Å²) in [6.07, 6.45) is 1.69. The van der Waals surface area contributed by atoms with Gasteiger partial charge in [-0.25, -0.2) is 4.98 Å². The van der Waals surface area contributed by atoms with Gasteiger partial charge in [0.1, 0.15) is 23.7 Å². The second kappa shape index (κ2) is 14.5. The fraction of sp³-hybridized carbons (Fsp3) is 0.433. The molecule has 46 heavy (non-hydrogen) atoms. The first kappa shape index (κ1) is 33.9. The summed E-state index contributed by atoms with van der Waals surface area (Å²) in [5.41, 5.74) is 2.17. The van der Waals surface area contributed by atoms with E-state index in [1.165, 1.54) is 7.11 Å². The van der Waals surface area contributed by atoms with Gasteiger partial charge >= 0.3 is 14.4 Å². The number of hydrogen-bond acceptors (Lipinski definition) is 10. The molecule has 1 unspecified atom stereocenters. The maximum absolute atomic E-state index is 14.1. The second-order valence-electron chi connectivity index (χ2n) is 11.0. The number of benzene rings is 2. The number of rotatable bonds is 12. The first-order valence-electron chi connectivity index (χ1n) is 14.4. The SMILES string of the molecule is COc1cc(CO[P+](=O)O)ccc1Nc1ncc(C(F)(F)F)c(Nc2ccc(C3CCC(OCSC)CC3)c3c2C(=O)N(C)C3)n1. The van der Waals surface area contributed by atoms with E-state index >= 15 is 0 Å². The maximum Gasteiger partial charge on any atom is 0.695 e. The van der Waals surface area contributed by atoms with Crippen LogP contribution in [0.2, 0.25) is 0 Å². The summed E-state index contributed by atoms with van der Waals surface area (Å²) < 4.78 is 69.3. The number of thioether (sulfide) groups is 1. The molecule has 3 N–H and O–H groups in total. The summed E-state index contributed by atoms with van der Waals surface area (Å²) in [7, 11) is 0.268. The van der Waals surface area contributed by atoms with Crippen LogP contribution in [-0.2, 0) is 33.2 Å². The quantitative estimate of drug-likeness (QED) is 0.133. The van der Waals surface area contributed by atoms with Crippen molar-refractivity contribution in [2.45, 2.75) is 57.0 Å². The predicted molar refractivity (Wildman–Crippen MR) is 168 cm³/mol. The van der Waals surface area contributed by atoms with Crippen LogP contribution in [0.4, 0.5) is 36.3 Å². The molecule has 5 rings (SSSR count). The molecule has 0 saturated heterocycles. The van der Waals surface area contributed by atoms with Crippen molar-refractivity contribution in [2.24, 2.45) is 0 Å². The van der Waals surface area contributed by atoms with Gasteiger partial charge < -0.3 is 25.0 Å². The van der Waals surface area contributed by atoms with Gasteiger partial charge in [-0.1, -0.05) is 12.1 Å². The average molecular weight is 681 g/mol. The van der Waals surface area contributed by atoms with Crippen LogP contribution >= 0.6 is 20.0 Å².